The van der Waals surface area contributed by atoms with Crippen molar-refractivity contribution in [2.45, 2.75) is 18.9 Å². The number of amides is 1. The van der Waals surface area contributed by atoms with Crippen LogP contribution in [0, 0.1) is 5.92 Å². The molecule has 122 valence electrons. The first kappa shape index (κ1) is 15.6. The second-order valence-corrected chi connectivity index (χ2v) is 5.85. The molecule has 2 aromatic rings. The van der Waals surface area contributed by atoms with Crippen molar-refractivity contribution in [2.24, 2.45) is 18.7 Å². The molecule has 6 nitrogen and oxygen atoms in total. The summed E-state index contributed by atoms with van der Waals surface area (Å²) >= 11 is 0. The van der Waals surface area contributed by atoms with E-state index in [1.54, 1.807) is 18.3 Å². The number of imidazole rings is 1. The Kier molecular flexibility index (Phi) is 4.62. The maximum atomic E-state index is 12.6. The third kappa shape index (κ3) is 3.71. The van der Waals surface area contributed by atoms with E-state index >= 15 is 0 Å². The summed E-state index contributed by atoms with van der Waals surface area (Å²) < 4.78 is 7.44. The molecule has 0 bridgehead atoms. The number of nitrogens with two attached hydrogens (primary N) is 1. The Labute approximate surface area is 135 Å². The van der Waals surface area contributed by atoms with Gasteiger partial charge < -0.3 is 20.4 Å². The number of ether oxygens (including phenoxy) is 1. The zero-order chi connectivity index (χ0) is 16.2. The lowest BCUT2D eigenvalue weighted by atomic mass is 10.1. The average molecular weight is 314 g/mol. The molecular formula is C17H22N4O2. The van der Waals surface area contributed by atoms with E-state index in [0.717, 1.165) is 18.7 Å². The van der Waals surface area contributed by atoms with Gasteiger partial charge in [0, 0.05) is 31.5 Å². The number of aromatic nitrogens is 2. The summed E-state index contributed by atoms with van der Waals surface area (Å²) in [6.45, 7) is 0.877. The van der Waals surface area contributed by atoms with Crippen LogP contribution in [0.3, 0.4) is 0 Å². The van der Waals surface area contributed by atoms with Crippen LogP contribution in [0.4, 0.5) is 0 Å². The van der Waals surface area contributed by atoms with Crippen molar-refractivity contribution in [2.75, 3.05) is 13.2 Å². The van der Waals surface area contributed by atoms with E-state index in [2.05, 4.69) is 10.3 Å². The molecule has 0 saturated heterocycles. The van der Waals surface area contributed by atoms with Gasteiger partial charge in [0.05, 0.1) is 6.04 Å². The molecule has 1 amide bonds. The summed E-state index contributed by atoms with van der Waals surface area (Å²) in [6, 6.07) is 7.12. The summed E-state index contributed by atoms with van der Waals surface area (Å²) in [5.41, 5.74) is 6.02. The van der Waals surface area contributed by atoms with E-state index in [1.807, 2.05) is 29.9 Å². The summed E-state index contributed by atoms with van der Waals surface area (Å²) in [5.74, 6) is 1.92. The first-order chi connectivity index (χ1) is 11.2. The van der Waals surface area contributed by atoms with E-state index in [1.165, 1.54) is 0 Å². The Bertz CT molecular complexity index is 679. The maximum Gasteiger partial charge on any atom is 0.252 e. The molecule has 0 radical (unpaired) electrons. The largest absolute Gasteiger partial charge is 0.492 e. The SMILES string of the molecule is Cn1ccnc1C(NC(=O)c1cccc(OCCN)c1)C1CC1. The minimum atomic E-state index is -0.108. The minimum Gasteiger partial charge on any atom is -0.492 e. The number of nitrogens with zero attached hydrogens (tertiary/aromatic N) is 2. The van der Waals surface area contributed by atoms with Crippen LogP contribution in [0.1, 0.15) is 35.1 Å². The van der Waals surface area contributed by atoms with E-state index in [9.17, 15) is 4.79 Å². The van der Waals surface area contributed by atoms with Gasteiger partial charge in [-0.2, -0.15) is 0 Å². The fourth-order valence-corrected chi connectivity index (χ4v) is 2.63. The normalized spacial score (nSPS) is 15.2. The fraction of sp³-hybridized carbons (Fsp3) is 0.412. The number of nitrogens with one attached hydrogen (secondary N) is 1. The molecule has 3 rings (SSSR count). The van der Waals surface area contributed by atoms with Crippen molar-refractivity contribution in [3.8, 4) is 5.75 Å². The van der Waals surface area contributed by atoms with E-state index in [4.69, 9.17) is 10.5 Å². The van der Waals surface area contributed by atoms with Gasteiger partial charge in [0.1, 0.15) is 18.2 Å². The Morgan fingerprint density at radius 3 is 3.00 bits per heavy atom. The standard InChI is InChI=1S/C17H22N4O2/c1-21-9-8-19-16(21)15(12-5-6-12)20-17(22)13-3-2-4-14(11-13)23-10-7-18/h2-4,8-9,11-12,15H,5-7,10,18H2,1H3,(H,20,22). The topological polar surface area (TPSA) is 82.2 Å². The lowest BCUT2D eigenvalue weighted by Gasteiger charge is -2.18. The van der Waals surface area contributed by atoms with Gasteiger partial charge in [-0.3, -0.25) is 4.79 Å². The third-order valence-electron chi connectivity index (χ3n) is 4.00. The molecule has 6 heteroatoms. The van der Waals surface area contributed by atoms with E-state index in [0.29, 0.717) is 30.4 Å². The van der Waals surface area contributed by atoms with Gasteiger partial charge in [-0.25, -0.2) is 4.98 Å². The number of carbonyl (C=O) groups is 1. The van der Waals surface area contributed by atoms with Crippen LogP contribution in [0.25, 0.3) is 0 Å². The summed E-state index contributed by atoms with van der Waals surface area (Å²) in [5, 5.41) is 3.12. The number of carbonyl (C=O) groups excluding carboxylic acids is 1. The highest BCUT2D eigenvalue weighted by molar-refractivity contribution is 5.94. The Morgan fingerprint density at radius 2 is 2.35 bits per heavy atom. The Balaban J connectivity index is 1.73. The van der Waals surface area contributed by atoms with Crippen LogP contribution in [0.5, 0.6) is 5.75 Å². The Hall–Kier alpha value is -2.34. The first-order valence-electron chi connectivity index (χ1n) is 7.90. The van der Waals surface area contributed by atoms with Gasteiger partial charge in [-0.05, 0) is 37.0 Å². The van der Waals surface area contributed by atoms with Crippen LogP contribution in [-0.2, 0) is 7.05 Å². The lowest BCUT2D eigenvalue weighted by Crippen LogP contribution is -2.31. The van der Waals surface area contributed by atoms with E-state index in [-0.39, 0.29) is 11.9 Å². The average Bonchev–Trinajstić information content (AvgIpc) is 3.32. The van der Waals surface area contributed by atoms with Gasteiger partial charge in [-0.15, -0.1) is 0 Å². The minimum absolute atomic E-state index is 0.0453. The fourth-order valence-electron chi connectivity index (χ4n) is 2.63. The van der Waals surface area contributed by atoms with Crippen molar-refractivity contribution in [3.63, 3.8) is 0 Å². The van der Waals surface area contributed by atoms with Crippen molar-refractivity contribution in [3.05, 3.63) is 48.0 Å². The van der Waals surface area contributed by atoms with Gasteiger partial charge >= 0.3 is 0 Å². The van der Waals surface area contributed by atoms with Crippen LogP contribution < -0.4 is 15.8 Å². The number of hydrogen-bond acceptors (Lipinski definition) is 4. The van der Waals surface area contributed by atoms with Gasteiger partial charge in [-0.1, -0.05) is 6.07 Å². The number of hydrogen-bond donors (Lipinski definition) is 2. The smallest absolute Gasteiger partial charge is 0.252 e. The predicted molar refractivity (Wildman–Crippen MR) is 87.1 cm³/mol. The number of rotatable bonds is 7. The Morgan fingerprint density at radius 1 is 1.52 bits per heavy atom. The molecule has 1 aliphatic rings. The second kappa shape index (κ2) is 6.83. The zero-order valence-electron chi connectivity index (χ0n) is 13.2. The summed E-state index contributed by atoms with van der Waals surface area (Å²) in [4.78, 5) is 17.0. The molecule has 1 aromatic carbocycles. The first-order valence-corrected chi connectivity index (χ1v) is 7.90. The molecule has 1 fully saturated rings. The quantitative estimate of drug-likeness (QED) is 0.814. The van der Waals surface area contributed by atoms with Crippen molar-refractivity contribution < 1.29 is 9.53 Å². The monoisotopic (exact) mass is 314 g/mol. The predicted octanol–water partition coefficient (Wildman–Crippen LogP) is 1.64. The molecule has 1 unspecified atom stereocenters. The molecule has 1 atom stereocenters. The highest BCUT2D eigenvalue weighted by Crippen LogP contribution is 2.40. The third-order valence-corrected chi connectivity index (χ3v) is 4.00. The zero-order valence-corrected chi connectivity index (χ0v) is 13.2. The van der Waals surface area contributed by atoms with Gasteiger partial charge in [0.25, 0.3) is 5.91 Å². The molecule has 23 heavy (non-hydrogen) atoms. The molecular weight excluding hydrogens is 292 g/mol. The van der Waals surface area contributed by atoms with Crippen LogP contribution in [0.2, 0.25) is 0 Å². The maximum absolute atomic E-state index is 12.6. The molecule has 0 spiro atoms. The molecule has 1 saturated carbocycles. The van der Waals surface area contributed by atoms with E-state index < -0.39 is 0 Å². The van der Waals surface area contributed by atoms with Crippen LogP contribution in [-0.4, -0.2) is 28.6 Å². The molecule has 1 heterocycles. The van der Waals surface area contributed by atoms with Crippen molar-refractivity contribution >= 4 is 5.91 Å². The van der Waals surface area contributed by atoms with Gasteiger partial charge in [0.2, 0.25) is 0 Å². The van der Waals surface area contributed by atoms with Gasteiger partial charge in [0.15, 0.2) is 0 Å². The van der Waals surface area contributed by atoms with Crippen molar-refractivity contribution in [1.29, 1.82) is 0 Å². The molecule has 0 aliphatic heterocycles. The lowest BCUT2D eigenvalue weighted by molar-refractivity contribution is 0.0928. The second-order valence-electron chi connectivity index (χ2n) is 5.85. The highest BCUT2D eigenvalue weighted by Gasteiger charge is 2.35. The molecule has 3 N–H and O–H groups in total. The summed E-state index contributed by atoms with van der Waals surface area (Å²) in [6.07, 6.45) is 5.91. The van der Waals surface area contributed by atoms with Crippen molar-refractivity contribution in [1.82, 2.24) is 14.9 Å². The number of aryl methyl sites for hydroxylation is 1. The molecule has 1 aliphatic carbocycles. The highest BCUT2D eigenvalue weighted by atomic mass is 16.5. The van der Waals surface area contributed by atoms with Crippen LogP contribution in [0.15, 0.2) is 36.7 Å². The van der Waals surface area contributed by atoms with Crippen LogP contribution >= 0.6 is 0 Å². The number of benzene rings is 1. The molecule has 1 aromatic heterocycles. The summed E-state index contributed by atoms with van der Waals surface area (Å²) in [7, 11) is 1.95.